The van der Waals surface area contributed by atoms with Gasteiger partial charge in [0, 0.05) is 0 Å². The summed E-state index contributed by atoms with van der Waals surface area (Å²) in [7, 11) is 0. The Morgan fingerprint density at radius 3 is 1.40 bits per heavy atom. The van der Waals surface area contributed by atoms with Gasteiger partial charge in [0.2, 0.25) is 0 Å². The summed E-state index contributed by atoms with van der Waals surface area (Å²) in [5.41, 5.74) is 14.3. The molecule has 0 amide bonds. The molecule has 0 radical (unpaired) electrons. The van der Waals surface area contributed by atoms with E-state index < -0.39 is 18.0 Å². The minimum atomic E-state index is -5.19. The summed E-state index contributed by atoms with van der Waals surface area (Å²) >= 11 is -5.19. The van der Waals surface area contributed by atoms with Gasteiger partial charge in [-0.1, -0.05) is 0 Å². The predicted molar refractivity (Wildman–Crippen MR) is 234 cm³/mol. The van der Waals surface area contributed by atoms with E-state index in [4.69, 9.17) is 4.26 Å². The molecule has 0 saturated carbocycles. The van der Waals surface area contributed by atoms with Crippen LogP contribution in [0, 0.1) is 13.8 Å². The first-order valence-corrected chi connectivity index (χ1v) is 28.6. The predicted octanol–water partition coefficient (Wildman–Crippen LogP) is 12.1. The normalized spacial score (nSPS) is 14.7. The Kier molecular flexibility index (Phi) is 11.2. The molecule has 0 unspecified atom stereocenters. The number of benzene rings is 4. The second-order valence-electron chi connectivity index (χ2n) is 19.9. The van der Waals surface area contributed by atoms with Gasteiger partial charge in [0.15, 0.2) is 0 Å². The van der Waals surface area contributed by atoms with Crippen molar-refractivity contribution in [2.24, 2.45) is 0 Å². The second-order valence-corrected chi connectivity index (χ2v) is 38.7. The fraction of sp³-hybridized carbons (Fsp3) is 0.408. The van der Waals surface area contributed by atoms with Crippen LogP contribution in [-0.4, -0.2) is 4.26 Å². The average molecular weight is 902 g/mol. The van der Waals surface area contributed by atoms with Crippen LogP contribution < -0.4 is 9.96 Å². The van der Waals surface area contributed by atoms with Gasteiger partial charge in [-0.2, -0.15) is 0 Å². The molecule has 0 heterocycles. The first-order chi connectivity index (χ1) is 23.0. The topological polar surface area (TPSA) is 0 Å². The molecule has 0 fully saturated rings. The quantitative estimate of drug-likeness (QED) is 0.158. The van der Waals surface area contributed by atoms with Gasteiger partial charge in [-0.3, -0.25) is 0 Å². The second kappa shape index (κ2) is 13.8. The molecule has 0 aromatic heterocycles. The van der Waals surface area contributed by atoms with Crippen LogP contribution in [0.5, 0.6) is 0 Å². The third-order valence-corrected chi connectivity index (χ3v) is 35.8. The molecule has 2 aliphatic carbocycles. The molecule has 2 aliphatic rings. The van der Waals surface area contributed by atoms with Gasteiger partial charge in [-0.25, -0.2) is 0 Å². The molecule has 0 atom stereocenters. The van der Waals surface area contributed by atoms with E-state index >= 15 is 0 Å². The number of halogens is 2. The van der Waals surface area contributed by atoms with E-state index in [1.807, 2.05) is 0 Å². The molecule has 4 aromatic rings. The molecule has 0 aliphatic heterocycles. The summed E-state index contributed by atoms with van der Waals surface area (Å²) in [5.74, 6) is 0. The Bertz CT molecular complexity index is 2080. The van der Waals surface area contributed by atoms with Crippen LogP contribution in [-0.2, 0) is 46.1 Å². The molecule has 0 nitrogen and oxygen atoms in total. The van der Waals surface area contributed by atoms with Crippen molar-refractivity contribution in [2.45, 2.75) is 131 Å². The fourth-order valence-corrected chi connectivity index (χ4v) is 33.6. The van der Waals surface area contributed by atoms with Crippen molar-refractivity contribution in [3.05, 3.63) is 133 Å². The Hall–Kier alpha value is -2.32. The van der Waals surface area contributed by atoms with Crippen LogP contribution >= 0.6 is 24.8 Å². The van der Waals surface area contributed by atoms with Crippen molar-refractivity contribution in [1.82, 2.24) is 0 Å². The first-order valence-electron chi connectivity index (χ1n) is 18.9. The van der Waals surface area contributed by atoms with Crippen LogP contribution in [0.4, 0.5) is 0 Å². The monoisotopic (exact) mass is 902 g/mol. The number of hydrogen-bond acceptors (Lipinski definition) is 0. The SMILES string of the molecule is Cl.Cl.[CH2]=[Hf]([C]1=CC=CC1)([c]1ccc(C)cc1)([c]1ccc(C)cc1)[c]1c2c(cc(C(C)(C)C)c1C(C)(C)C)-c1cc(C(C)(C)C)c(C(C)(C)C)cc1C2. The molecule has 0 spiro atoms. The maximum absolute atomic E-state index is 5.92. The molecule has 4 aromatic carbocycles. The number of fused-ring (bicyclic) bond motifs is 3. The summed E-state index contributed by atoms with van der Waals surface area (Å²) in [6, 6.07) is 27.1. The molecule has 0 bridgehead atoms. The van der Waals surface area contributed by atoms with Crippen molar-refractivity contribution in [1.29, 1.82) is 0 Å². The molecular weight excluding hydrogens is 838 g/mol. The fourth-order valence-electron chi connectivity index (χ4n) is 9.29. The zero-order chi connectivity index (χ0) is 36.8. The molecule has 0 N–H and O–H groups in total. The van der Waals surface area contributed by atoms with E-state index in [1.54, 1.807) is 6.65 Å². The standard InChI is InChI=1S/C29H41.2C7H7.C5H5.CH2.2ClH.Hf/c1-26(2,3)22-14-18-13-19-15-23(27(4,5)6)25(29(10,11)12)17-21(19)20(18)16-24(22)28(7,8)9;2*1-7-5-3-2-4-6-7;1-2-4-5-3-1;;;;/h14,16-17H,13H2,1-12H3;2*3-6H,1H3;1-3H,4H2;1H2;2*1H;. The Morgan fingerprint density at radius 1 is 0.558 bits per heavy atom. The Labute approximate surface area is 330 Å². The number of hydrogen-bond donors (Lipinski definition) is 0. The number of allylic oxidation sites excluding steroid dienone is 4. The van der Waals surface area contributed by atoms with Crippen LogP contribution in [0.2, 0.25) is 0 Å². The average Bonchev–Trinajstić information content (AvgIpc) is 3.67. The Balaban J connectivity index is 0.00000302. The van der Waals surface area contributed by atoms with E-state index in [1.165, 1.54) is 62.3 Å². The van der Waals surface area contributed by atoms with Gasteiger partial charge in [-0.15, -0.1) is 24.8 Å². The summed E-state index contributed by atoms with van der Waals surface area (Å²) < 4.78 is 12.0. The number of aryl methyl sites for hydroxylation is 2. The zero-order valence-electron chi connectivity index (χ0n) is 34.5. The summed E-state index contributed by atoms with van der Waals surface area (Å²) in [5, 5.41) is 0. The maximum atomic E-state index is 5.92. The van der Waals surface area contributed by atoms with Gasteiger partial charge < -0.3 is 0 Å². The van der Waals surface area contributed by atoms with Crippen LogP contribution in [0.1, 0.15) is 134 Å². The molecule has 3 heteroatoms. The van der Waals surface area contributed by atoms with E-state index in [-0.39, 0.29) is 46.5 Å². The van der Waals surface area contributed by atoms with Crippen molar-refractivity contribution in [3.8, 4) is 11.1 Å². The Morgan fingerprint density at radius 2 is 1.00 bits per heavy atom. The van der Waals surface area contributed by atoms with Gasteiger partial charge in [-0.05, 0) is 0 Å². The third-order valence-electron chi connectivity index (χ3n) is 11.9. The number of rotatable bonds is 4. The van der Waals surface area contributed by atoms with Gasteiger partial charge >= 0.3 is 308 Å². The molecular formula is C49H64Cl2Hf. The third kappa shape index (κ3) is 6.68. The van der Waals surface area contributed by atoms with E-state index in [0.717, 1.165) is 12.8 Å². The van der Waals surface area contributed by atoms with Crippen molar-refractivity contribution < 1.29 is 18.0 Å². The first kappa shape index (κ1) is 42.4. The van der Waals surface area contributed by atoms with Gasteiger partial charge in [0.1, 0.15) is 0 Å². The van der Waals surface area contributed by atoms with Gasteiger partial charge in [0.05, 0.1) is 0 Å². The van der Waals surface area contributed by atoms with Crippen molar-refractivity contribution >= 4 is 39.0 Å². The van der Waals surface area contributed by atoms with E-state index in [2.05, 4.69) is 182 Å². The molecule has 0 saturated heterocycles. The van der Waals surface area contributed by atoms with Gasteiger partial charge in [0.25, 0.3) is 0 Å². The summed E-state index contributed by atoms with van der Waals surface area (Å²) in [6.07, 6.45) is 9.06. The van der Waals surface area contributed by atoms with Crippen molar-refractivity contribution in [3.63, 3.8) is 0 Å². The minimum absolute atomic E-state index is 0. The zero-order valence-corrected chi connectivity index (χ0v) is 39.7. The van der Waals surface area contributed by atoms with Crippen LogP contribution in [0.3, 0.4) is 0 Å². The molecule has 52 heavy (non-hydrogen) atoms. The molecule has 6 rings (SSSR count). The van der Waals surface area contributed by atoms with Crippen molar-refractivity contribution in [2.75, 3.05) is 0 Å². The summed E-state index contributed by atoms with van der Waals surface area (Å²) in [6.45, 7) is 33.4. The summed E-state index contributed by atoms with van der Waals surface area (Å²) in [4.78, 5) is 0. The van der Waals surface area contributed by atoms with Crippen LogP contribution in [0.15, 0.2) is 88.3 Å². The molecule has 278 valence electrons. The van der Waals surface area contributed by atoms with Crippen LogP contribution in [0.25, 0.3) is 11.1 Å². The van der Waals surface area contributed by atoms with E-state index in [9.17, 15) is 0 Å². The van der Waals surface area contributed by atoms with E-state index in [0.29, 0.717) is 0 Å².